The van der Waals surface area contributed by atoms with Crippen molar-refractivity contribution in [3.05, 3.63) is 0 Å². The first-order valence-corrected chi connectivity index (χ1v) is 6.19. The van der Waals surface area contributed by atoms with Crippen LogP contribution >= 0.6 is 0 Å². The van der Waals surface area contributed by atoms with Crippen molar-refractivity contribution >= 4 is 58.2 Å². The Morgan fingerprint density at radius 1 is 0.367 bits per heavy atom. The van der Waals surface area contributed by atoms with Crippen molar-refractivity contribution in [1.29, 1.82) is 0 Å². The van der Waals surface area contributed by atoms with Crippen molar-refractivity contribution in [3.8, 4) is 0 Å². The zero-order chi connectivity index (χ0) is 24.1. The molecule has 0 amide bonds. The molecule has 0 rings (SSSR count). The Kier molecular flexibility index (Phi) is 9.85. The molecule has 0 saturated carbocycles. The summed E-state index contributed by atoms with van der Waals surface area (Å²) in [6.45, 7) is -7.23. The van der Waals surface area contributed by atoms with Crippen LogP contribution in [0, 0.1) is 0 Å². The minimum atomic E-state index is -7.51. The monoisotopic (exact) mass is 567 g/mol. The molecule has 20 heteroatoms. The molecule has 0 N–H and O–H groups in total. The van der Waals surface area contributed by atoms with E-state index in [0.717, 1.165) is 0 Å². The van der Waals surface area contributed by atoms with Crippen molar-refractivity contribution in [3.63, 3.8) is 0 Å². The van der Waals surface area contributed by atoms with E-state index in [1.54, 1.807) is 0 Å². The average Bonchev–Trinajstić information content (AvgIpc) is 2.43. The molecule has 177 valence electrons. The molecule has 1 radical (unpaired) electrons. The number of alkyl halides is 18. The SMILES string of the molecule is FC(F)(F)C(F)(F)C(F)(F)C(F)(F)COCC(F)(F)C(F)(F)C(F)(F)C(F)(F)F.[Rb]. The van der Waals surface area contributed by atoms with Crippen LogP contribution < -0.4 is 0 Å². The summed E-state index contributed by atoms with van der Waals surface area (Å²) in [5, 5.41) is 0. The number of hydrogen-bond acceptors (Lipinski definition) is 1. The van der Waals surface area contributed by atoms with E-state index in [2.05, 4.69) is 4.74 Å². The standard InChI is InChI=1S/C10H4F18O.Rb/c11-3(12,5(15,16)7(19,20)9(23,24)25)1-29-2-4(13,14)6(17,18)8(21,22)10(26,27)28;/h1-2H2;. The topological polar surface area (TPSA) is 9.23 Å². The van der Waals surface area contributed by atoms with Crippen LogP contribution in [-0.2, 0) is 4.74 Å². The van der Waals surface area contributed by atoms with Gasteiger partial charge < -0.3 is 4.74 Å². The van der Waals surface area contributed by atoms with Crippen molar-refractivity contribution in [2.24, 2.45) is 0 Å². The fourth-order valence-electron chi connectivity index (χ4n) is 1.30. The molecule has 0 aliphatic heterocycles. The second-order valence-corrected chi connectivity index (χ2v) is 5.19. The molecular formula is C10H4F18ORb. The molecule has 0 aliphatic carbocycles. The Balaban J connectivity index is 0. The van der Waals surface area contributed by atoms with Crippen LogP contribution in [0.3, 0.4) is 0 Å². The second-order valence-electron chi connectivity index (χ2n) is 5.19. The van der Waals surface area contributed by atoms with Crippen LogP contribution in [0.4, 0.5) is 79.0 Å². The molecule has 0 heterocycles. The fourth-order valence-corrected chi connectivity index (χ4v) is 1.30. The third-order valence-corrected chi connectivity index (χ3v) is 2.99. The molecule has 0 aliphatic rings. The minimum Gasteiger partial charge on any atom is -0.368 e. The van der Waals surface area contributed by atoms with Gasteiger partial charge in [-0.2, -0.15) is 79.0 Å². The predicted molar refractivity (Wildman–Crippen MR) is 58.4 cm³/mol. The van der Waals surface area contributed by atoms with Gasteiger partial charge in [0.1, 0.15) is 13.2 Å². The Bertz CT molecular complexity index is 524. The van der Waals surface area contributed by atoms with E-state index in [1.165, 1.54) is 0 Å². The molecule has 0 aromatic carbocycles. The van der Waals surface area contributed by atoms with Gasteiger partial charge in [0.05, 0.1) is 0 Å². The van der Waals surface area contributed by atoms with Gasteiger partial charge in [-0.25, -0.2) is 0 Å². The third kappa shape index (κ3) is 5.52. The maximum atomic E-state index is 12.9. The molecule has 0 aromatic rings. The third-order valence-electron chi connectivity index (χ3n) is 2.99. The molecule has 0 aromatic heterocycles. The van der Waals surface area contributed by atoms with E-state index in [4.69, 9.17) is 0 Å². The Morgan fingerprint density at radius 3 is 0.733 bits per heavy atom. The van der Waals surface area contributed by atoms with Crippen molar-refractivity contribution in [1.82, 2.24) is 0 Å². The van der Waals surface area contributed by atoms with E-state index in [-0.39, 0.29) is 58.2 Å². The molecule has 30 heavy (non-hydrogen) atoms. The van der Waals surface area contributed by atoms with Crippen LogP contribution in [0.1, 0.15) is 0 Å². The van der Waals surface area contributed by atoms with E-state index in [1.807, 2.05) is 0 Å². The average molecular weight is 568 g/mol. The molecule has 0 unspecified atom stereocenters. The van der Waals surface area contributed by atoms with Gasteiger partial charge in [-0.3, -0.25) is 0 Å². The van der Waals surface area contributed by atoms with Crippen molar-refractivity contribution < 1.29 is 83.8 Å². The molecular weight excluding hydrogens is 564 g/mol. The largest absolute Gasteiger partial charge is 0.460 e. The summed E-state index contributed by atoms with van der Waals surface area (Å²) in [5.41, 5.74) is 0. The van der Waals surface area contributed by atoms with Crippen LogP contribution in [0.2, 0.25) is 0 Å². The molecule has 1 nitrogen and oxygen atoms in total. The first-order chi connectivity index (χ1) is 12.2. The molecule has 0 bridgehead atoms. The molecule has 0 atom stereocenters. The smallest absolute Gasteiger partial charge is 0.368 e. The maximum Gasteiger partial charge on any atom is 0.460 e. The quantitative estimate of drug-likeness (QED) is 0.349. The normalized spacial score (nSPS) is 15.8. The number of ether oxygens (including phenoxy) is 1. The van der Waals surface area contributed by atoms with Gasteiger partial charge in [0, 0.05) is 58.2 Å². The first-order valence-electron chi connectivity index (χ1n) is 6.19. The zero-order valence-electron chi connectivity index (χ0n) is 13.6. The van der Waals surface area contributed by atoms with E-state index in [9.17, 15) is 79.0 Å². The van der Waals surface area contributed by atoms with Gasteiger partial charge in [-0.05, 0) is 0 Å². The first kappa shape index (κ1) is 32.7. The van der Waals surface area contributed by atoms with Gasteiger partial charge in [-0.1, -0.05) is 0 Å². The summed E-state index contributed by atoms with van der Waals surface area (Å²) < 4.78 is 226. The zero-order valence-corrected chi connectivity index (χ0v) is 18.5. The molecule has 0 spiro atoms. The summed E-state index contributed by atoms with van der Waals surface area (Å²) in [5.74, 6) is -43.3. The number of hydrogen-bond donors (Lipinski definition) is 0. The fraction of sp³-hybridized carbons (Fsp3) is 1.00. The number of rotatable bonds is 8. The Morgan fingerprint density at radius 2 is 0.567 bits per heavy atom. The van der Waals surface area contributed by atoms with Gasteiger partial charge >= 0.3 is 47.9 Å². The van der Waals surface area contributed by atoms with E-state index in [0.29, 0.717) is 0 Å². The maximum absolute atomic E-state index is 12.9. The Hall–Kier alpha value is 0.505. The van der Waals surface area contributed by atoms with Gasteiger partial charge in [0.2, 0.25) is 0 Å². The van der Waals surface area contributed by atoms with Gasteiger partial charge in [-0.15, -0.1) is 0 Å². The van der Waals surface area contributed by atoms with Crippen molar-refractivity contribution in [2.75, 3.05) is 13.2 Å². The molecule has 0 saturated heterocycles. The summed E-state index contributed by atoms with van der Waals surface area (Å²) >= 11 is 0. The minimum absolute atomic E-state index is 0. The summed E-state index contributed by atoms with van der Waals surface area (Å²) in [4.78, 5) is 0. The second kappa shape index (κ2) is 9.04. The number of halogens is 18. The Labute approximate surface area is 201 Å². The molecule has 0 fully saturated rings. The van der Waals surface area contributed by atoms with Crippen LogP contribution in [0.5, 0.6) is 0 Å². The van der Waals surface area contributed by atoms with Gasteiger partial charge in [0.15, 0.2) is 0 Å². The van der Waals surface area contributed by atoms with Crippen LogP contribution in [-0.4, -0.2) is 119 Å². The summed E-state index contributed by atoms with van der Waals surface area (Å²) in [6, 6.07) is 0. The van der Waals surface area contributed by atoms with E-state index < -0.39 is 61.1 Å². The predicted octanol–water partition coefficient (Wildman–Crippen LogP) is 5.56. The van der Waals surface area contributed by atoms with Crippen molar-refractivity contribution in [2.45, 2.75) is 47.9 Å². The summed E-state index contributed by atoms with van der Waals surface area (Å²) in [6.07, 6.45) is -14.7. The van der Waals surface area contributed by atoms with Gasteiger partial charge in [0.25, 0.3) is 0 Å². The van der Waals surface area contributed by atoms with E-state index >= 15 is 0 Å². The summed E-state index contributed by atoms with van der Waals surface area (Å²) in [7, 11) is 0. The van der Waals surface area contributed by atoms with Crippen LogP contribution in [0.15, 0.2) is 0 Å². The van der Waals surface area contributed by atoms with Crippen LogP contribution in [0.25, 0.3) is 0 Å².